The minimum atomic E-state index is -3.60. The molecule has 0 spiro atoms. The standard InChI is InChI=1S/C24H21N5O6S2/c30-29(31)20-7-3-18(4-8-20)16-25-28-22(23-2-1-13-35-23)17-36-24(28)26-19-5-9-21(10-6-19)37(32,33)27-11-14-34-15-12-27/h1-10,13,16-17H,11-12,14-15H2. The van der Waals surface area contributed by atoms with Crippen molar-refractivity contribution in [3.8, 4) is 11.5 Å². The molecule has 0 saturated carbocycles. The van der Waals surface area contributed by atoms with Crippen molar-refractivity contribution in [2.24, 2.45) is 10.1 Å². The lowest BCUT2D eigenvalue weighted by molar-refractivity contribution is -0.384. The third-order valence-electron chi connectivity index (χ3n) is 5.55. The van der Waals surface area contributed by atoms with Gasteiger partial charge in [0.15, 0.2) is 5.76 Å². The Hall–Kier alpha value is -3.91. The SMILES string of the molecule is O=[N+]([O-])c1ccc(C=Nn2c(-c3ccco3)csc2=Nc2ccc(S(=O)(=O)N3CCOCC3)cc2)cc1. The summed E-state index contributed by atoms with van der Waals surface area (Å²) in [5.74, 6) is 0.588. The molecule has 0 atom stereocenters. The number of benzene rings is 2. The van der Waals surface area contributed by atoms with Gasteiger partial charge in [-0.15, -0.1) is 11.3 Å². The molecule has 1 fully saturated rings. The van der Waals surface area contributed by atoms with Crippen LogP contribution in [0.5, 0.6) is 0 Å². The van der Waals surface area contributed by atoms with E-state index in [9.17, 15) is 18.5 Å². The molecule has 190 valence electrons. The number of hydrogen-bond donors (Lipinski definition) is 0. The normalized spacial score (nSPS) is 15.4. The summed E-state index contributed by atoms with van der Waals surface area (Å²) in [5, 5.41) is 17.3. The van der Waals surface area contributed by atoms with Crippen LogP contribution in [-0.2, 0) is 14.8 Å². The Labute approximate surface area is 215 Å². The Balaban J connectivity index is 1.47. The number of nitrogens with zero attached hydrogens (tertiary/aromatic N) is 5. The summed E-state index contributed by atoms with van der Waals surface area (Å²) in [5.41, 5.74) is 1.87. The summed E-state index contributed by atoms with van der Waals surface area (Å²) in [6.07, 6.45) is 3.13. The summed E-state index contributed by atoms with van der Waals surface area (Å²) in [7, 11) is -3.60. The van der Waals surface area contributed by atoms with Crippen LogP contribution in [0.2, 0.25) is 0 Å². The van der Waals surface area contributed by atoms with Crippen LogP contribution >= 0.6 is 11.3 Å². The largest absolute Gasteiger partial charge is 0.463 e. The summed E-state index contributed by atoms with van der Waals surface area (Å²) >= 11 is 1.34. The highest BCUT2D eigenvalue weighted by Crippen LogP contribution is 2.23. The molecule has 1 saturated heterocycles. The highest BCUT2D eigenvalue weighted by molar-refractivity contribution is 7.89. The first-order valence-corrected chi connectivity index (χ1v) is 13.5. The van der Waals surface area contributed by atoms with Crippen molar-refractivity contribution in [2.75, 3.05) is 26.3 Å². The number of rotatable bonds is 7. The van der Waals surface area contributed by atoms with Crippen molar-refractivity contribution in [3.63, 3.8) is 0 Å². The van der Waals surface area contributed by atoms with Crippen LogP contribution in [0.1, 0.15) is 5.56 Å². The second kappa shape index (κ2) is 10.6. The summed E-state index contributed by atoms with van der Waals surface area (Å²) < 4.78 is 39.6. The first-order valence-electron chi connectivity index (χ1n) is 11.2. The fourth-order valence-corrected chi connectivity index (χ4v) is 5.87. The van der Waals surface area contributed by atoms with Crippen LogP contribution < -0.4 is 4.80 Å². The topological polar surface area (TPSA) is 133 Å². The smallest absolute Gasteiger partial charge is 0.269 e. The maximum Gasteiger partial charge on any atom is 0.269 e. The van der Waals surface area contributed by atoms with E-state index in [0.717, 1.165) is 0 Å². The maximum absolute atomic E-state index is 12.9. The molecular formula is C24H21N5O6S2. The molecule has 0 bridgehead atoms. The number of non-ortho nitro benzene ring substituents is 1. The Morgan fingerprint density at radius 1 is 1.03 bits per heavy atom. The zero-order chi connectivity index (χ0) is 25.8. The third kappa shape index (κ3) is 5.44. The molecule has 3 heterocycles. The van der Waals surface area contributed by atoms with Crippen LogP contribution in [0.25, 0.3) is 11.5 Å². The van der Waals surface area contributed by atoms with E-state index in [4.69, 9.17) is 9.15 Å². The molecule has 37 heavy (non-hydrogen) atoms. The minimum absolute atomic E-state index is 0.00798. The molecule has 0 amide bonds. The van der Waals surface area contributed by atoms with Gasteiger partial charge in [0.2, 0.25) is 14.8 Å². The molecule has 11 nitrogen and oxygen atoms in total. The van der Waals surface area contributed by atoms with Crippen molar-refractivity contribution in [2.45, 2.75) is 4.90 Å². The number of sulfonamides is 1. The van der Waals surface area contributed by atoms with Crippen molar-refractivity contribution in [1.29, 1.82) is 0 Å². The van der Waals surface area contributed by atoms with Gasteiger partial charge < -0.3 is 9.15 Å². The molecule has 0 aliphatic carbocycles. The van der Waals surface area contributed by atoms with Crippen LogP contribution in [0.15, 0.2) is 91.7 Å². The number of thiazole rings is 1. The zero-order valence-electron chi connectivity index (χ0n) is 19.3. The van der Waals surface area contributed by atoms with E-state index in [-0.39, 0.29) is 10.6 Å². The van der Waals surface area contributed by atoms with Gasteiger partial charge in [0.1, 0.15) is 5.69 Å². The number of aromatic nitrogens is 1. The lowest BCUT2D eigenvalue weighted by Gasteiger charge is -2.26. The third-order valence-corrected chi connectivity index (χ3v) is 8.28. The van der Waals surface area contributed by atoms with Gasteiger partial charge >= 0.3 is 0 Å². The van der Waals surface area contributed by atoms with Crippen LogP contribution in [0.3, 0.4) is 0 Å². The quantitative estimate of drug-likeness (QED) is 0.199. The van der Waals surface area contributed by atoms with Gasteiger partial charge in [-0.2, -0.15) is 9.41 Å². The van der Waals surface area contributed by atoms with E-state index in [2.05, 4.69) is 10.1 Å². The van der Waals surface area contributed by atoms with E-state index in [1.54, 1.807) is 53.6 Å². The van der Waals surface area contributed by atoms with Gasteiger partial charge in [-0.05, 0) is 54.1 Å². The molecule has 4 aromatic rings. The molecule has 5 rings (SSSR count). The Morgan fingerprint density at radius 2 is 1.76 bits per heavy atom. The molecule has 2 aromatic heterocycles. The Kier molecular flexibility index (Phi) is 7.10. The fourth-order valence-electron chi connectivity index (χ4n) is 3.63. The van der Waals surface area contributed by atoms with E-state index in [1.807, 2.05) is 5.38 Å². The predicted octanol–water partition coefficient (Wildman–Crippen LogP) is 3.85. The first-order chi connectivity index (χ1) is 17.9. The second-order valence-electron chi connectivity index (χ2n) is 7.91. The second-order valence-corrected chi connectivity index (χ2v) is 10.7. The average Bonchev–Trinajstić information content (AvgIpc) is 3.59. The molecule has 13 heteroatoms. The van der Waals surface area contributed by atoms with E-state index in [0.29, 0.717) is 53.8 Å². The van der Waals surface area contributed by atoms with Crippen molar-refractivity contribution >= 4 is 38.9 Å². The highest BCUT2D eigenvalue weighted by Gasteiger charge is 2.26. The van der Waals surface area contributed by atoms with Gasteiger partial charge in [0, 0.05) is 30.6 Å². The van der Waals surface area contributed by atoms with Gasteiger partial charge in [-0.1, -0.05) is 0 Å². The summed E-state index contributed by atoms with van der Waals surface area (Å²) in [4.78, 5) is 15.8. The fraction of sp³-hybridized carbons (Fsp3) is 0.167. The predicted molar refractivity (Wildman–Crippen MR) is 137 cm³/mol. The van der Waals surface area contributed by atoms with Gasteiger partial charge in [0.25, 0.3) is 5.69 Å². The Bertz CT molecular complexity index is 1580. The number of nitro groups is 1. The Morgan fingerprint density at radius 3 is 2.41 bits per heavy atom. The number of furan rings is 1. The van der Waals surface area contributed by atoms with Crippen molar-refractivity contribution < 1.29 is 22.5 Å². The number of nitro benzene ring substituents is 1. The lowest BCUT2D eigenvalue weighted by Crippen LogP contribution is -2.40. The number of hydrogen-bond acceptors (Lipinski definition) is 9. The summed E-state index contributed by atoms with van der Waals surface area (Å²) in [6.45, 7) is 1.41. The average molecular weight is 540 g/mol. The van der Waals surface area contributed by atoms with Crippen molar-refractivity contribution in [3.05, 3.63) is 92.8 Å². The minimum Gasteiger partial charge on any atom is -0.463 e. The maximum atomic E-state index is 12.9. The van der Waals surface area contributed by atoms with Gasteiger partial charge in [-0.25, -0.2) is 18.1 Å². The highest BCUT2D eigenvalue weighted by atomic mass is 32.2. The molecule has 0 unspecified atom stereocenters. The van der Waals surface area contributed by atoms with Gasteiger partial charge in [0.05, 0.1) is 41.2 Å². The summed E-state index contributed by atoms with van der Waals surface area (Å²) in [6, 6.07) is 15.9. The molecule has 1 aliphatic heterocycles. The first kappa shape index (κ1) is 24.8. The molecule has 2 aromatic carbocycles. The molecular weight excluding hydrogens is 518 g/mol. The van der Waals surface area contributed by atoms with E-state index >= 15 is 0 Å². The van der Waals surface area contributed by atoms with Crippen molar-refractivity contribution in [1.82, 2.24) is 8.98 Å². The monoisotopic (exact) mass is 539 g/mol. The van der Waals surface area contributed by atoms with Crippen LogP contribution in [-0.4, -0.2) is 54.8 Å². The zero-order valence-corrected chi connectivity index (χ0v) is 21.0. The molecule has 0 radical (unpaired) electrons. The lowest BCUT2D eigenvalue weighted by atomic mass is 10.2. The number of morpholine rings is 1. The van der Waals surface area contributed by atoms with Crippen LogP contribution in [0.4, 0.5) is 11.4 Å². The van der Waals surface area contributed by atoms with E-state index < -0.39 is 14.9 Å². The van der Waals surface area contributed by atoms with E-state index in [1.165, 1.54) is 39.9 Å². The molecule has 0 N–H and O–H groups in total. The van der Waals surface area contributed by atoms with Crippen LogP contribution in [0, 0.1) is 10.1 Å². The molecule has 1 aliphatic rings. The van der Waals surface area contributed by atoms with Gasteiger partial charge in [-0.3, -0.25) is 10.1 Å². The number of ether oxygens (including phenoxy) is 1.